The third kappa shape index (κ3) is 4.59. The summed E-state index contributed by atoms with van der Waals surface area (Å²) in [4.78, 5) is 0. The van der Waals surface area contributed by atoms with E-state index in [4.69, 9.17) is 4.74 Å². The summed E-state index contributed by atoms with van der Waals surface area (Å²) in [7, 11) is -1.71. The zero-order valence-electron chi connectivity index (χ0n) is 12.4. The van der Waals surface area contributed by atoms with Crippen molar-refractivity contribution in [3.05, 3.63) is 42.0 Å². The highest BCUT2D eigenvalue weighted by Gasteiger charge is 2.07. The van der Waals surface area contributed by atoms with E-state index in [1.165, 1.54) is 0 Å². The molecule has 2 rings (SSSR count). The van der Waals surface area contributed by atoms with Crippen LogP contribution < -0.4 is 14.8 Å². The summed E-state index contributed by atoms with van der Waals surface area (Å²) in [6.45, 7) is 2.14. The van der Waals surface area contributed by atoms with E-state index in [1.54, 1.807) is 26.2 Å². The molecule has 0 aliphatic carbocycles. The molecular weight excluding hydrogens is 304 g/mol. The van der Waals surface area contributed by atoms with E-state index in [1.807, 2.05) is 24.3 Å². The lowest BCUT2D eigenvalue weighted by atomic mass is 10.2. The highest BCUT2D eigenvalue weighted by molar-refractivity contribution is 7.92. The summed E-state index contributed by atoms with van der Waals surface area (Å²) in [6.07, 6.45) is 0. The van der Waals surface area contributed by atoms with Gasteiger partial charge in [-0.05, 0) is 36.8 Å². The Morgan fingerprint density at radius 1 is 1.05 bits per heavy atom. The van der Waals surface area contributed by atoms with Gasteiger partial charge < -0.3 is 10.1 Å². The summed E-state index contributed by atoms with van der Waals surface area (Å²) < 4.78 is 30.3. The van der Waals surface area contributed by atoms with Gasteiger partial charge in [-0.25, -0.2) is 8.42 Å². The van der Waals surface area contributed by atoms with Gasteiger partial charge in [-0.3, -0.25) is 4.72 Å². The summed E-state index contributed by atoms with van der Waals surface area (Å²) in [5.74, 6) is 1.56. The monoisotopic (exact) mass is 322 g/mol. The molecule has 0 fully saturated rings. The third-order valence-corrected chi connectivity index (χ3v) is 4.22. The third-order valence-electron chi connectivity index (χ3n) is 2.94. The SMILES string of the molecule is CCS(=O)(=O)Nc1ccc(NCc2ccc(OC)cc2)nn1. The van der Waals surface area contributed by atoms with Crippen LogP contribution in [0.15, 0.2) is 36.4 Å². The molecule has 0 aliphatic heterocycles. The van der Waals surface area contributed by atoms with E-state index in [-0.39, 0.29) is 11.6 Å². The van der Waals surface area contributed by atoms with Crippen LogP contribution in [0.4, 0.5) is 11.6 Å². The van der Waals surface area contributed by atoms with E-state index in [0.29, 0.717) is 12.4 Å². The molecule has 0 radical (unpaired) electrons. The van der Waals surface area contributed by atoms with Crippen molar-refractivity contribution >= 4 is 21.7 Å². The van der Waals surface area contributed by atoms with Gasteiger partial charge in [0, 0.05) is 6.54 Å². The minimum atomic E-state index is -3.33. The Morgan fingerprint density at radius 3 is 2.23 bits per heavy atom. The Balaban J connectivity index is 1.93. The average molecular weight is 322 g/mol. The fourth-order valence-electron chi connectivity index (χ4n) is 1.65. The fourth-order valence-corrected chi connectivity index (χ4v) is 2.22. The molecule has 7 nitrogen and oxygen atoms in total. The molecule has 118 valence electrons. The molecule has 0 saturated heterocycles. The zero-order valence-corrected chi connectivity index (χ0v) is 13.2. The van der Waals surface area contributed by atoms with Gasteiger partial charge in [-0.15, -0.1) is 10.2 Å². The van der Waals surface area contributed by atoms with Crippen molar-refractivity contribution in [2.45, 2.75) is 13.5 Å². The summed E-state index contributed by atoms with van der Waals surface area (Å²) >= 11 is 0. The number of nitrogens with zero attached hydrogens (tertiary/aromatic N) is 2. The summed E-state index contributed by atoms with van der Waals surface area (Å²) in [5, 5.41) is 10.9. The molecule has 8 heteroatoms. The Morgan fingerprint density at radius 2 is 1.68 bits per heavy atom. The van der Waals surface area contributed by atoms with Crippen LogP contribution in [0, 0.1) is 0 Å². The second-order valence-electron chi connectivity index (χ2n) is 4.51. The molecule has 1 heterocycles. The van der Waals surface area contributed by atoms with Crippen molar-refractivity contribution in [1.29, 1.82) is 0 Å². The lowest BCUT2D eigenvalue weighted by Gasteiger charge is -2.07. The average Bonchev–Trinajstić information content (AvgIpc) is 2.54. The number of nitrogens with one attached hydrogen (secondary N) is 2. The highest BCUT2D eigenvalue weighted by Crippen LogP contribution is 2.13. The summed E-state index contributed by atoms with van der Waals surface area (Å²) in [5.41, 5.74) is 1.07. The van der Waals surface area contributed by atoms with Crippen molar-refractivity contribution in [1.82, 2.24) is 10.2 Å². The van der Waals surface area contributed by atoms with E-state index >= 15 is 0 Å². The van der Waals surface area contributed by atoms with Crippen molar-refractivity contribution in [3.63, 3.8) is 0 Å². The molecule has 2 aromatic rings. The van der Waals surface area contributed by atoms with E-state index in [0.717, 1.165) is 11.3 Å². The molecule has 0 bridgehead atoms. The van der Waals surface area contributed by atoms with Gasteiger partial charge >= 0.3 is 0 Å². The number of aromatic nitrogens is 2. The Bertz CT molecular complexity index is 700. The fraction of sp³-hybridized carbons (Fsp3) is 0.286. The van der Waals surface area contributed by atoms with Crippen molar-refractivity contribution < 1.29 is 13.2 Å². The number of methoxy groups -OCH3 is 1. The van der Waals surface area contributed by atoms with Crippen LogP contribution in [0.25, 0.3) is 0 Å². The number of sulfonamides is 1. The molecule has 22 heavy (non-hydrogen) atoms. The van der Waals surface area contributed by atoms with E-state index in [2.05, 4.69) is 20.2 Å². The van der Waals surface area contributed by atoms with Crippen molar-refractivity contribution in [2.24, 2.45) is 0 Å². The topological polar surface area (TPSA) is 93.2 Å². The van der Waals surface area contributed by atoms with E-state index < -0.39 is 10.0 Å². The first-order valence-corrected chi connectivity index (χ1v) is 8.38. The Labute approximate surface area is 129 Å². The molecule has 0 aliphatic rings. The first-order valence-electron chi connectivity index (χ1n) is 6.73. The number of hydrogen-bond donors (Lipinski definition) is 2. The van der Waals surface area contributed by atoms with Crippen LogP contribution in [0.2, 0.25) is 0 Å². The Kier molecular flexibility index (Phi) is 5.16. The number of ether oxygens (including phenoxy) is 1. The standard InChI is InChI=1S/C14H18N4O3S/c1-3-22(19,20)18-14-9-8-13(16-17-14)15-10-11-4-6-12(21-2)7-5-11/h4-9H,3,10H2,1-2H3,(H,15,16)(H,17,18). The molecule has 0 saturated carbocycles. The number of anilines is 2. The lowest BCUT2D eigenvalue weighted by molar-refractivity contribution is 0.414. The van der Waals surface area contributed by atoms with E-state index in [9.17, 15) is 8.42 Å². The molecule has 2 N–H and O–H groups in total. The maximum atomic E-state index is 11.4. The number of benzene rings is 1. The van der Waals surface area contributed by atoms with Gasteiger partial charge in [0.25, 0.3) is 0 Å². The summed E-state index contributed by atoms with van der Waals surface area (Å²) in [6, 6.07) is 10.9. The second kappa shape index (κ2) is 7.08. The normalized spacial score (nSPS) is 11.0. The smallest absolute Gasteiger partial charge is 0.233 e. The van der Waals surface area contributed by atoms with Crippen LogP contribution in [0.5, 0.6) is 5.75 Å². The van der Waals surface area contributed by atoms with Crippen molar-refractivity contribution in [3.8, 4) is 5.75 Å². The van der Waals surface area contributed by atoms with Gasteiger partial charge in [0.15, 0.2) is 5.82 Å². The highest BCUT2D eigenvalue weighted by atomic mass is 32.2. The predicted molar refractivity (Wildman–Crippen MR) is 85.4 cm³/mol. The molecule has 0 spiro atoms. The maximum absolute atomic E-state index is 11.4. The quantitative estimate of drug-likeness (QED) is 0.808. The molecule has 0 amide bonds. The second-order valence-corrected chi connectivity index (χ2v) is 6.52. The van der Waals surface area contributed by atoms with Gasteiger partial charge in [0.2, 0.25) is 10.0 Å². The Hall–Kier alpha value is -2.35. The first-order chi connectivity index (χ1) is 10.5. The number of hydrogen-bond acceptors (Lipinski definition) is 6. The van der Waals surface area contributed by atoms with Gasteiger partial charge in [-0.2, -0.15) is 0 Å². The first kappa shape index (κ1) is 16.0. The lowest BCUT2D eigenvalue weighted by Crippen LogP contribution is -2.16. The maximum Gasteiger partial charge on any atom is 0.233 e. The number of rotatable bonds is 7. The van der Waals surface area contributed by atoms with Crippen LogP contribution in [-0.4, -0.2) is 31.5 Å². The molecule has 1 aromatic carbocycles. The van der Waals surface area contributed by atoms with Gasteiger partial charge in [0.1, 0.15) is 11.6 Å². The molecule has 0 atom stereocenters. The van der Waals surface area contributed by atoms with Crippen LogP contribution in [0.3, 0.4) is 0 Å². The molecule has 1 aromatic heterocycles. The largest absolute Gasteiger partial charge is 0.497 e. The van der Waals surface area contributed by atoms with Gasteiger partial charge in [0.05, 0.1) is 12.9 Å². The van der Waals surface area contributed by atoms with Crippen LogP contribution in [-0.2, 0) is 16.6 Å². The minimum Gasteiger partial charge on any atom is -0.497 e. The van der Waals surface area contributed by atoms with Gasteiger partial charge in [-0.1, -0.05) is 12.1 Å². The van der Waals surface area contributed by atoms with Crippen LogP contribution >= 0.6 is 0 Å². The zero-order chi connectivity index (χ0) is 16.0. The molecular formula is C14H18N4O3S. The predicted octanol–water partition coefficient (Wildman–Crippen LogP) is 1.86. The molecule has 0 unspecified atom stereocenters. The van der Waals surface area contributed by atoms with Crippen molar-refractivity contribution in [2.75, 3.05) is 22.9 Å². The minimum absolute atomic E-state index is 0.00779. The van der Waals surface area contributed by atoms with Crippen LogP contribution in [0.1, 0.15) is 12.5 Å².